The third-order valence-corrected chi connectivity index (χ3v) is 7.22. The van der Waals surface area contributed by atoms with Crippen molar-refractivity contribution in [3.8, 4) is 0 Å². The molecular formula is C22H38N6O. The van der Waals surface area contributed by atoms with E-state index in [2.05, 4.69) is 43.9 Å². The van der Waals surface area contributed by atoms with Crippen molar-refractivity contribution >= 4 is 5.91 Å². The van der Waals surface area contributed by atoms with Crippen LogP contribution in [0, 0.1) is 11.8 Å². The van der Waals surface area contributed by atoms with Gasteiger partial charge in [0, 0.05) is 38.5 Å². The van der Waals surface area contributed by atoms with Gasteiger partial charge in [-0.05, 0) is 58.7 Å². The predicted octanol–water partition coefficient (Wildman–Crippen LogP) is 2.24. The lowest BCUT2D eigenvalue weighted by Gasteiger charge is -2.29. The summed E-state index contributed by atoms with van der Waals surface area (Å²) in [5.41, 5.74) is 0. The molecule has 3 heterocycles. The Morgan fingerprint density at radius 3 is 2.55 bits per heavy atom. The van der Waals surface area contributed by atoms with Crippen LogP contribution in [-0.4, -0.2) is 70.2 Å². The number of carbonyl (C=O) groups excluding carboxylic acids is 1. The van der Waals surface area contributed by atoms with E-state index in [1.807, 2.05) is 0 Å². The molecule has 1 unspecified atom stereocenters. The highest BCUT2D eigenvalue weighted by Gasteiger charge is 2.28. The van der Waals surface area contributed by atoms with E-state index in [1.54, 1.807) is 0 Å². The van der Waals surface area contributed by atoms with Gasteiger partial charge in [0.1, 0.15) is 5.82 Å². The molecule has 0 radical (unpaired) electrons. The van der Waals surface area contributed by atoms with Crippen LogP contribution in [0.4, 0.5) is 0 Å². The molecule has 2 fully saturated rings. The van der Waals surface area contributed by atoms with Crippen molar-refractivity contribution in [3.63, 3.8) is 0 Å². The minimum atomic E-state index is -0.0895. The predicted molar refractivity (Wildman–Crippen MR) is 114 cm³/mol. The van der Waals surface area contributed by atoms with E-state index in [0.29, 0.717) is 0 Å². The summed E-state index contributed by atoms with van der Waals surface area (Å²) in [5.74, 6) is 3.17. The summed E-state index contributed by atoms with van der Waals surface area (Å²) < 4.78 is 2.26. The van der Waals surface area contributed by atoms with Crippen molar-refractivity contribution in [3.05, 3.63) is 11.6 Å². The Morgan fingerprint density at radius 2 is 1.79 bits per heavy atom. The molecule has 4 rings (SSSR count). The largest absolute Gasteiger partial charge is 0.346 e. The summed E-state index contributed by atoms with van der Waals surface area (Å²) in [5, 5.41) is 12.2. The number of rotatable bonds is 5. The van der Waals surface area contributed by atoms with Gasteiger partial charge in [-0.25, -0.2) is 0 Å². The highest BCUT2D eigenvalue weighted by atomic mass is 16.2. The number of carbonyl (C=O) groups is 1. The number of likely N-dealkylation sites (tertiary alicyclic amines) is 1. The van der Waals surface area contributed by atoms with E-state index < -0.39 is 0 Å². The molecule has 29 heavy (non-hydrogen) atoms. The Hall–Kier alpha value is -1.47. The van der Waals surface area contributed by atoms with Crippen molar-refractivity contribution in [2.45, 2.75) is 70.9 Å². The number of aromatic nitrogens is 3. The highest BCUT2D eigenvalue weighted by Crippen LogP contribution is 2.25. The molecule has 162 valence electrons. The van der Waals surface area contributed by atoms with Crippen LogP contribution in [0.2, 0.25) is 0 Å². The van der Waals surface area contributed by atoms with Gasteiger partial charge in [0.25, 0.3) is 0 Å². The summed E-state index contributed by atoms with van der Waals surface area (Å²) in [6.07, 6.45) is 9.87. The smallest absolute Gasteiger partial charge is 0.223 e. The van der Waals surface area contributed by atoms with E-state index in [4.69, 9.17) is 0 Å². The second kappa shape index (κ2) is 9.56. The van der Waals surface area contributed by atoms with Crippen LogP contribution in [0.25, 0.3) is 0 Å². The Bertz CT molecular complexity index is 675. The molecule has 1 saturated carbocycles. The fourth-order valence-corrected chi connectivity index (χ4v) is 5.29. The van der Waals surface area contributed by atoms with Gasteiger partial charge in [-0.3, -0.25) is 4.79 Å². The molecule has 1 amide bonds. The van der Waals surface area contributed by atoms with Gasteiger partial charge in [0.2, 0.25) is 5.91 Å². The second-order valence-corrected chi connectivity index (χ2v) is 9.49. The van der Waals surface area contributed by atoms with E-state index in [-0.39, 0.29) is 17.9 Å². The molecule has 7 nitrogen and oxygen atoms in total. The molecule has 1 aromatic rings. The lowest BCUT2D eigenvalue weighted by molar-refractivity contribution is -0.127. The molecule has 1 aromatic heterocycles. The van der Waals surface area contributed by atoms with Crippen LogP contribution in [-0.2, 0) is 17.8 Å². The van der Waals surface area contributed by atoms with Crippen LogP contribution in [0.5, 0.6) is 0 Å². The molecule has 2 aliphatic heterocycles. The number of hydrogen-bond acceptors (Lipinski definition) is 5. The summed E-state index contributed by atoms with van der Waals surface area (Å²) in [7, 11) is 2.12. The van der Waals surface area contributed by atoms with Crippen LogP contribution in [0.3, 0.4) is 0 Å². The van der Waals surface area contributed by atoms with Gasteiger partial charge in [0.15, 0.2) is 5.82 Å². The zero-order valence-corrected chi connectivity index (χ0v) is 18.3. The van der Waals surface area contributed by atoms with E-state index in [9.17, 15) is 4.79 Å². The Morgan fingerprint density at radius 1 is 1.03 bits per heavy atom. The van der Waals surface area contributed by atoms with E-state index in [0.717, 1.165) is 69.6 Å². The first-order valence-corrected chi connectivity index (χ1v) is 11.7. The normalized spacial score (nSPS) is 24.1. The SMILES string of the molecule is CC(NC(=O)C1CCN(C)CC1)c1nnc2n1CCN(CC1CCCCC1)CC2. The van der Waals surface area contributed by atoms with Gasteiger partial charge in [0.05, 0.1) is 6.04 Å². The Balaban J connectivity index is 1.33. The Kier molecular flexibility index (Phi) is 6.85. The van der Waals surface area contributed by atoms with Crippen molar-refractivity contribution in [1.29, 1.82) is 0 Å². The molecule has 3 aliphatic rings. The number of hydrogen-bond donors (Lipinski definition) is 1. The fraction of sp³-hybridized carbons (Fsp3) is 0.864. The lowest BCUT2D eigenvalue weighted by Crippen LogP contribution is -2.40. The van der Waals surface area contributed by atoms with Crippen molar-refractivity contribution < 1.29 is 4.79 Å². The monoisotopic (exact) mass is 402 g/mol. The van der Waals surface area contributed by atoms with Gasteiger partial charge in [-0.1, -0.05) is 19.3 Å². The molecule has 0 spiro atoms. The maximum atomic E-state index is 12.7. The minimum absolute atomic E-state index is 0.0895. The standard InChI is InChI=1S/C22H38N6O/c1-17(23-22(29)19-8-11-26(2)12-9-19)21-25-24-20-10-13-27(14-15-28(20)21)16-18-6-4-3-5-7-18/h17-19H,3-16H2,1-2H3,(H,23,29). The summed E-state index contributed by atoms with van der Waals surface area (Å²) in [4.78, 5) is 17.6. The average molecular weight is 403 g/mol. The summed E-state index contributed by atoms with van der Waals surface area (Å²) in [6, 6.07) is -0.0895. The molecule has 1 N–H and O–H groups in total. The number of nitrogens with one attached hydrogen (secondary N) is 1. The third kappa shape index (κ3) is 5.18. The first kappa shape index (κ1) is 20.8. The maximum Gasteiger partial charge on any atom is 0.223 e. The van der Waals surface area contributed by atoms with Gasteiger partial charge < -0.3 is 19.7 Å². The summed E-state index contributed by atoms with van der Waals surface area (Å²) in [6.45, 7) is 8.35. The topological polar surface area (TPSA) is 66.3 Å². The summed E-state index contributed by atoms with van der Waals surface area (Å²) >= 11 is 0. The lowest BCUT2D eigenvalue weighted by atomic mass is 9.89. The van der Waals surface area contributed by atoms with E-state index in [1.165, 1.54) is 38.6 Å². The maximum absolute atomic E-state index is 12.7. The zero-order chi connectivity index (χ0) is 20.2. The van der Waals surface area contributed by atoms with Gasteiger partial charge in [-0.2, -0.15) is 0 Å². The van der Waals surface area contributed by atoms with Crippen LogP contribution in [0.15, 0.2) is 0 Å². The number of piperidine rings is 1. The molecule has 0 aromatic carbocycles. The first-order chi connectivity index (χ1) is 14.1. The van der Waals surface area contributed by atoms with Crippen molar-refractivity contribution in [1.82, 2.24) is 29.9 Å². The molecule has 1 saturated heterocycles. The Labute approximate surface area is 175 Å². The number of fused-ring (bicyclic) bond motifs is 1. The zero-order valence-electron chi connectivity index (χ0n) is 18.3. The number of nitrogens with zero attached hydrogens (tertiary/aromatic N) is 5. The van der Waals surface area contributed by atoms with Crippen molar-refractivity contribution in [2.75, 3.05) is 39.8 Å². The van der Waals surface area contributed by atoms with Gasteiger partial charge in [-0.15, -0.1) is 10.2 Å². The quantitative estimate of drug-likeness (QED) is 0.818. The first-order valence-electron chi connectivity index (χ1n) is 11.7. The van der Waals surface area contributed by atoms with Crippen LogP contribution < -0.4 is 5.32 Å². The molecule has 0 bridgehead atoms. The highest BCUT2D eigenvalue weighted by molar-refractivity contribution is 5.79. The van der Waals surface area contributed by atoms with Crippen LogP contribution >= 0.6 is 0 Å². The van der Waals surface area contributed by atoms with Crippen LogP contribution in [0.1, 0.15) is 69.6 Å². The molecule has 1 atom stereocenters. The minimum Gasteiger partial charge on any atom is -0.346 e. The number of amides is 1. The van der Waals surface area contributed by atoms with E-state index >= 15 is 0 Å². The third-order valence-electron chi connectivity index (χ3n) is 7.22. The fourth-order valence-electron chi connectivity index (χ4n) is 5.29. The average Bonchev–Trinajstić information content (AvgIpc) is 3.04. The second-order valence-electron chi connectivity index (χ2n) is 9.49. The van der Waals surface area contributed by atoms with Gasteiger partial charge >= 0.3 is 0 Å². The molecule has 1 aliphatic carbocycles. The molecular weight excluding hydrogens is 364 g/mol. The molecule has 7 heteroatoms. The van der Waals surface area contributed by atoms with Crippen molar-refractivity contribution in [2.24, 2.45) is 11.8 Å².